The van der Waals surface area contributed by atoms with Gasteiger partial charge in [0, 0.05) is 67.5 Å². The number of nitrogens with one attached hydrogen (secondary N) is 1. The first-order chi connectivity index (χ1) is 12.3. The van der Waals surface area contributed by atoms with Gasteiger partial charge >= 0.3 is 0 Å². The molecule has 25 heavy (non-hydrogen) atoms. The van der Waals surface area contributed by atoms with Gasteiger partial charge in [0.25, 0.3) is 0 Å². The Morgan fingerprint density at radius 1 is 1.08 bits per heavy atom. The Morgan fingerprint density at radius 3 is 2.84 bits per heavy atom. The predicted molar refractivity (Wildman–Crippen MR) is 100.0 cm³/mol. The summed E-state index contributed by atoms with van der Waals surface area (Å²) in [5.74, 6) is 0. The van der Waals surface area contributed by atoms with Gasteiger partial charge in [0.2, 0.25) is 0 Å². The third-order valence-corrected chi connectivity index (χ3v) is 5.08. The van der Waals surface area contributed by atoms with Gasteiger partial charge in [0.15, 0.2) is 0 Å². The van der Waals surface area contributed by atoms with Crippen LogP contribution in [-0.4, -0.2) is 57.5 Å². The van der Waals surface area contributed by atoms with Crippen LogP contribution < -0.4 is 4.90 Å². The molecule has 0 aromatic carbocycles. The van der Waals surface area contributed by atoms with Crippen LogP contribution in [0.3, 0.4) is 0 Å². The number of rotatable bonds is 2. The summed E-state index contributed by atoms with van der Waals surface area (Å²) in [5, 5.41) is 1.16. The molecule has 1 fully saturated rings. The zero-order chi connectivity index (χ0) is 16.8. The second-order valence-electron chi connectivity index (χ2n) is 6.69. The van der Waals surface area contributed by atoms with E-state index in [0.717, 1.165) is 48.4 Å². The first-order valence-electron chi connectivity index (χ1n) is 8.62. The summed E-state index contributed by atoms with van der Waals surface area (Å²) in [6.07, 6.45) is 9.94. The zero-order valence-electron chi connectivity index (χ0n) is 14.2. The van der Waals surface area contributed by atoms with Crippen molar-refractivity contribution in [3.05, 3.63) is 49.2 Å². The number of aromatic amines is 1. The lowest BCUT2D eigenvalue weighted by Gasteiger charge is -2.33. The van der Waals surface area contributed by atoms with Crippen LogP contribution in [-0.2, 0) is 0 Å². The van der Waals surface area contributed by atoms with E-state index in [0.29, 0.717) is 0 Å². The summed E-state index contributed by atoms with van der Waals surface area (Å²) >= 11 is 0. The average molecular weight is 332 g/mol. The molecular weight excluding hydrogens is 312 g/mol. The molecule has 0 amide bonds. The molecule has 0 bridgehead atoms. The molecule has 1 aliphatic rings. The quantitative estimate of drug-likeness (QED) is 0.613. The fraction of sp³-hybridized carbons (Fsp3) is 0.263. The first kappa shape index (κ1) is 14.5. The maximum absolute atomic E-state index is 4.64. The molecule has 0 spiro atoms. The van der Waals surface area contributed by atoms with Crippen LogP contribution in [0.4, 0.5) is 5.69 Å². The van der Waals surface area contributed by atoms with Crippen LogP contribution >= 0.6 is 0 Å². The van der Waals surface area contributed by atoms with Gasteiger partial charge in [-0.2, -0.15) is 0 Å². The maximum atomic E-state index is 4.64. The second kappa shape index (κ2) is 5.60. The van der Waals surface area contributed by atoms with Crippen molar-refractivity contribution in [3.63, 3.8) is 0 Å². The molecule has 6 nitrogen and oxygen atoms in total. The van der Waals surface area contributed by atoms with E-state index in [9.17, 15) is 0 Å². The van der Waals surface area contributed by atoms with Crippen LogP contribution in [0, 0.1) is 0 Å². The molecule has 1 saturated heterocycles. The van der Waals surface area contributed by atoms with Gasteiger partial charge in [-0.3, -0.25) is 0 Å². The highest BCUT2D eigenvalue weighted by Gasteiger charge is 2.16. The number of likely N-dealkylation sites (N-methyl/N-ethyl adjacent to an activating group) is 1. The Labute approximate surface area is 145 Å². The van der Waals surface area contributed by atoms with Crippen molar-refractivity contribution in [2.24, 2.45) is 0 Å². The number of fused-ring (bicyclic) bond motifs is 2. The highest BCUT2D eigenvalue weighted by molar-refractivity contribution is 5.95. The number of piperazine rings is 1. The average Bonchev–Trinajstić information content (AvgIpc) is 3.27. The minimum absolute atomic E-state index is 0.929. The molecule has 6 heteroatoms. The van der Waals surface area contributed by atoms with Gasteiger partial charge in [-0.1, -0.05) is 0 Å². The molecule has 5 heterocycles. The zero-order valence-corrected chi connectivity index (χ0v) is 14.2. The number of anilines is 1. The summed E-state index contributed by atoms with van der Waals surface area (Å²) in [4.78, 5) is 17.0. The third kappa shape index (κ3) is 2.46. The van der Waals surface area contributed by atoms with Crippen molar-refractivity contribution in [1.82, 2.24) is 24.3 Å². The third-order valence-electron chi connectivity index (χ3n) is 5.08. The number of aromatic nitrogens is 4. The lowest BCUT2D eigenvalue weighted by molar-refractivity contribution is 0.313. The molecule has 1 N–H and O–H groups in total. The lowest BCUT2D eigenvalue weighted by atomic mass is 10.1. The first-order valence-corrected chi connectivity index (χ1v) is 8.62. The van der Waals surface area contributed by atoms with Gasteiger partial charge < -0.3 is 19.2 Å². The molecule has 0 radical (unpaired) electrons. The lowest BCUT2D eigenvalue weighted by Crippen LogP contribution is -2.44. The normalized spacial score (nSPS) is 16.1. The van der Waals surface area contributed by atoms with E-state index in [1.54, 1.807) is 0 Å². The van der Waals surface area contributed by atoms with E-state index in [4.69, 9.17) is 0 Å². The van der Waals surface area contributed by atoms with Crippen molar-refractivity contribution < 1.29 is 0 Å². The second-order valence-corrected chi connectivity index (χ2v) is 6.69. The Bertz CT molecular complexity index is 1040. The maximum Gasteiger partial charge on any atom is 0.138 e. The topological polar surface area (TPSA) is 52.5 Å². The van der Waals surface area contributed by atoms with Crippen LogP contribution in [0.15, 0.2) is 49.2 Å². The number of hydrogen-bond donors (Lipinski definition) is 1. The van der Waals surface area contributed by atoms with Crippen molar-refractivity contribution >= 4 is 22.4 Å². The highest BCUT2D eigenvalue weighted by Crippen LogP contribution is 2.30. The molecule has 0 saturated carbocycles. The van der Waals surface area contributed by atoms with Gasteiger partial charge in [-0.05, 0) is 25.2 Å². The number of hydrogen-bond acceptors (Lipinski definition) is 4. The monoisotopic (exact) mass is 332 g/mol. The fourth-order valence-electron chi connectivity index (χ4n) is 3.55. The van der Waals surface area contributed by atoms with Crippen LogP contribution in [0.25, 0.3) is 27.8 Å². The summed E-state index contributed by atoms with van der Waals surface area (Å²) < 4.78 is 2.05. The molecule has 0 atom stereocenters. The van der Waals surface area contributed by atoms with Gasteiger partial charge in [-0.25, -0.2) is 9.97 Å². The minimum Gasteiger partial charge on any atom is -0.368 e. The van der Waals surface area contributed by atoms with E-state index >= 15 is 0 Å². The molecule has 0 unspecified atom stereocenters. The predicted octanol–water partition coefficient (Wildman–Crippen LogP) is 2.63. The van der Waals surface area contributed by atoms with Crippen LogP contribution in [0.1, 0.15) is 0 Å². The van der Waals surface area contributed by atoms with Crippen molar-refractivity contribution in [1.29, 1.82) is 0 Å². The van der Waals surface area contributed by atoms with E-state index in [-0.39, 0.29) is 0 Å². The summed E-state index contributed by atoms with van der Waals surface area (Å²) in [5.41, 5.74) is 5.42. The van der Waals surface area contributed by atoms with Crippen LogP contribution in [0.2, 0.25) is 0 Å². The molecule has 0 aliphatic carbocycles. The smallest absolute Gasteiger partial charge is 0.138 e. The van der Waals surface area contributed by atoms with Gasteiger partial charge in [0.1, 0.15) is 11.3 Å². The number of H-pyrrole nitrogens is 1. The Morgan fingerprint density at radius 2 is 1.96 bits per heavy atom. The van der Waals surface area contributed by atoms with Gasteiger partial charge in [0.05, 0.1) is 11.9 Å². The largest absolute Gasteiger partial charge is 0.368 e. The number of nitrogens with zero attached hydrogens (tertiary/aromatic N) is 5. The number of imidazole rings is 1. The Kier molecular flexibility index (Phi) is 3.24. The van der Waals surface area contributed by atoms with Gasteiger partial charge in [-0.15, -0.1) is 0 Å². The van der Waals surface area contributed by atoms with E-state index in [2.05, 4.69) is 50.1 Å². The van der Waals surface area contributed by atoms with E-state index in [1.807, 2.05) is 35.3 Å². The Hall–Kier alpha value is -2.86. The SMILES string of the molecule is CN1CCN(c2cnc3[nH]cc(-c4ccc5nccn5c4)c3c2)CC1. The minimum atomic E-state index is 0.929. The molecular formula is C19H20N6. The van der Waals surface area contributed by atoms with E-state index < -0.39 is 0 Å². The van der Waals surface area contributed by atoms with Crippen molar-refractivity contribution in [3.8, 4) is 11.1 Å². The van der Waals surface area contributed by atoms with E-state index in [1.165, 1.54) is 11.3 Å². The standard InChI is InChI=1S/C19H20N6/c1-23-6-8-24(9-7-23)15-10-16-17(12-22-19(16)21-11-15)14-2-3-18-20-4-5-25(18)13-14/h2-5,10-13H,6-9H2,1H3,(H,21,22). The summed E-state index contributed by atoms with van der Waals surface area (Å²) in [6.45, 7) is 4.28. The molecule has 5 rings (SSSR count). The molecule has 4 aromatic rings. The molecule has 1 aliphatic heterocycles. The van der Waals surface area contributed by atoms with Crippen molar-refractivity contribution in [2.45, 2.75) is 0 Å². The Balaban J connectivity index is 1.57. The fourth-order valence-corrected chi connectivity index (χ4v) is 3.55. The summed E-state index contributed by atoms with van der Waals surface area (Å²) in [6, 6.07) is 6.43. The molecule has 4 aromatic heterocycles. The number of pyridine rings is 2. The van der Waals surface area contributed by atoms with Crippen LogP contribution in [0.5, 0.6) is 0 Å². The molecule has 126 valence electrons. The van der Waals surface area contributed by atoms with Crippen molar-refractivity contribution in [2.75, 3.05) is 38.1 Å². The highest BCUT2D eigenvalue weighted by atomic mass is 15.2. The summed E-state index contributed by atoms with van der Waals surface area (Å²) in [7, 11) is 2.18.